The smallest absolute Gasteiger partial charge is 0.250 e. The van der Waals surface area contributed by atoms with E-state index in [0.717, 1.165) is 0 Å². The zero-order valence-electron chi connectivity index (χ0n) is 10.1. The van der Waals surface area contributed by atoms with Crippen LogP contribution in [0.2, 0.25) is 0 Å². The summed E-state index contributed by atoms with van der Waals surface area (Å²) in [6, 6.07) is 12.2. The van der Waals surface area contributed by atoms with Crippen LogP contribution in [0.3, 0.4) is 0 Å². The quantitative estimate of drug-likeness (QED) is 0.890. The molecule has 1 amide bonds. The number of furan rings is 1. The molecule has 0 aliphatic rings. The van der Waals surface area contributed by atoms with Gasteiger partial charge in [-0.05, 0) is 36.4 Å². The van der Waals surface area contributed by atoms with Gasteiger partial charge in [-0.2, -0.15) is 5.26 Å². The minimum Gasteiger partial charge on any atom is -0.467 e. The number of nitrogens with zero attached hydrogens (tertiary/aromatic N) is 1. The lowest BCUT2D eigenvalue weighted by Gasteiger charge is -2.05. The highest BCUT2D eigenvalue weighted by Crippen LogP contribution is 2.08. The van der Waals surface area contributed by atoms with E-state index in [1.54, 1.807) is 42.7 Å². The molecule has 0 fully saturated rings. The Hall–Kier alpha value is -2.58. The number of rotatable bonds is 5. The number of benzene rings is 1. The average Bonchev–Trinajstić information content (AvgIpc) is 2.93. The summed E-state index contributed by atoms with van der Waals surface area (Å²) in [5, 5.41) is 11.3. The van der Waals surface area contributed by atoms with Crippen LogP contribution in [0.5, 0.6) is 0 Å². The van der Waals surface area contributed by atoms with Crippen LogP contribution in [0.4, 0.5) is 5.69 Å². The summed E-state index contributed by atoms with van der Waals surface area (Å²) >= 11 is 0. The Morgan fingerprint density at radius 2 is 2.11 bits per heavy atom. The molecule has 0 aliphatic carbocycles. The van der Waals surface area contributed by atoms with Gasteiger partial charge in [0, 0.05) is 5.69 Å². The molecule has 0 aliphatic heterocycles. The number of ether oxygens (including phenoxy) is 1. The third kappa shape index (κ3) is 3.98. The summed E-state index contributed by atoms with van der Waals surface area (Å²) in [7, 11) is 0. The van der Waals surface area contributed by atoms with Crippen LogP contribution in [0.25, 0.3) is 0 Å². The maximum absolute atomic E-state index is 11.6. The van der Waals surface area contributed by atoms with E-state index in [-0.39, 0.29) is 19.1 Å². The van der Waals surface area contributed by atoms with Crippen LogP contribution >= 0.6 is 0 Å². The molecule has 1 N–H and O–H groups in total. The summed E-state index contributed by atoms with van der Waals surface area (Å²) in [6.07, 6.45) is 1.55. The average molecular weight is 256 g/mol. The van der Waals surface area contributed by atoms with E-state index in [0.29, 0.717) is 17.0 Å². The normalized spacial score (nSPS) is 9.84. The molecule has 0 unspecified atom stereocenters. The maximum Gasteiger partial charge on any atom is 0.250 e. The van der Waals surface area contributed by atoms with E-state index in [1.807, 2.05) is 6.07 Å². The first-order chi connectivity index (χ1) is 9.28. The summed E-state index contributed by atoms with van der Waals surface area (Å²) in [5.74, 6) is 0.419. The van der Waals surface area contributed by atoms with E-state index in [4.69, 9.17) is 14.4 Å². The third-order valence-corrected chi connectivity index (χ3v) is 2.36. The summed E-state index contributed by atoms with van der Waals surface area (Å²) in [5.41, 5.74) is 1.18. The molecule has 0 spiro atoms. The number of carbonyl (C=O) groups excluding carboxylic acids is 1. The van der Waals surface area contributed by atoms with E-state index in [2.05, 4.69) is 5.32 Å². The Morgan fingerprint density at radius 3 is 2.74 bits per heavy atom. The van der Waals surface area contributed by atoms with Crippen LogP contribution in [0.15, 0.2) is 47.1 Å². The van der Waals surface area contributed by atoms with Crippen LogP contribution < -0.4 is 5.32 Å². The number of amides is 1. The van der Waals surface area contributed by atoms with Gasteiger partial charge in [-0.15, -0.1) is 0 Å². The Kier molecular flexibility index (Phi) is 4.32. The Labute approximate surface area is 110 Å². The molecular formula is C14H12N2O3. The number of nitrogens with one attached hydrogen (secondary N) is 1. The maximum atomic E-state index is 11.6. The van der Waals surface area contributed by atoms with Crippen molar-refractivity contribution in [1.29, 1.82) is 5.26 Å². The standard InChI is InChI=1S/C14H12N2O3/c15-8-11-3-5-12(6-4-11)16-14(17)10-18-9-13-2-1-7-19-13/h1-7H,9-10H2,(H,16,17). The molecule has 0 saturated heterocycles. The molecule has 2 aromatic rings. The highest BCUT2D eigenvalue weighted by Gasteiger charge is 2.03. The van der Waals surface area contributed by atoms with Crippen LogP contribution in [0, 0.1) is 11.3 Å². The molecule has 1 aromatic carbocycles. The van der Waals surface area contributed by atoms with E-state index in [1.165, 1.54) is 0 Å². The largest absolute Gasteiger partial charge is 0.467 e. The Morgan fingerprint density at radius 1 is 1.32 bits per heavy atom. The Bertz CT molecular complexity index is 568. The molecular weight excluding hydrogens is 244 g/mol. The zero-order valence-corrected chi connectivity index (χ0v) is 10.1. The van der Waals surface area contributed by atoms with Gasteiger partial charge in [-0.3, -0.25) is 4.79 Å². The van der Waals surface area contributed by atoms with Gasteiger partial charge in [0.15, 0.2) is 0 Å². The highest BCUT2D eigenvalue weighted by atomic mass is 16.5. The van der Waals surface area contributed by atoms with Crippen LogP contribution in [0.1, 0.15) is 11.3 Å². The molecule has 0 radical (unpaired) electrons. The minimum absolute atomic E-state index is 0.0549. The summed E-state index contributed by atoms with van der Waals surface area (Å²) < 4.78 is 10.3. The molecule has 1 aromatic heterocycles. The molecule has 5 heteroatoms. The van der Waals surface area contributed by atoms with Gasteiger partial charge in [0.1, 0.15) is 19.0 Å². The number of hydrogen-bond donors (Lipinski definition) is 1. The highest BCUT2D eigenvalue weighted by molar-refractivity contribution is 5.91. The third-order valence-electron chi connectivity index (χ3n) is 2.36. The topological polar surface area (TPSA) is 75.3 Å². The molecule has 0 saturated carbocycles. The van der Waals surface area contributed by atoms with Crippen molar-refractivity contribution < 1.29 is 13.9 Å². The molecule has 0 atom stereocenters. The fraction of sp³-hybridized carbons (Fsp3) is 0.143. The second kappa shape index (κ2) is 6.38. The van der Waals surface area contributed by atoms with E-state index >= 15 is 0 Å². The van der Waals surface area contributed by atoms with Gasteiger partial charge in [-0.25, -0.2) is 0 Å². The van der Waals surface area contributed by atoms with Crippen molar-refractivity contribution in [2.45, 2.75) is 6.61 Å². The van der Waals surface area contributed by atoms with Crippen molar-refractivity contribution in [3.05, 3.63) is 54.0 Å². The molecule has 1 heterocycles. The number of carbonyl (C=O) groups is 1. The van der Waals surface area contributed by atoms with E-state index in [9.17, 15) is 4.79 Å². The number of anilines is 1. The zero-order chi connectivity index (χ0) is 13.5. The number of nitriles is 1. The van der Waals surface area contributed by atoms with Gasteiger partial charge in [0.2, 0.25) is 5.91 Å². The van der Waals surface area contributed by atoms with Crippen molar-refractivity contribution in [2.24, 2.45) is 0 Å². The van der Waals surface area contributed by atoms with Gasteiger partial charge in [0.05, 0.1) is 17.9 Å². The monoisotopic (exact) mass is 256 g/mol. The molecule has 2 rings (SSSR count). The Balaban J connectivity index is 1.76. The van der Waals surface area contributed by atoms with Crippen molar-refractivity contribution in [1.82, 2.24) is 0 Å². The lowest BCUT2D eigenvalue weighted by molar-refractivity contribution is -0.121. The SMILES string of the molecule is N#Cc1ccc(NC(=O)COCc2ccco2)cc1. The fourth-order valence-corrected chi connectivity index (χ4v) is 1.46. The van der Waals surface area contributed by atoms with Crippen molar-refractivity contribution in [3.8, 4) is 6.07 Å². The lowest BCUT2D eigenvalue weighted by atomic mass is 10.2. The van der Waals surface area contributed by atoms with Crippen LogP contribution in [-0.4, -0.2) is 12.5 Å². The molecule has 0 bridgehead atoms. The van der Waals surface area contributed by atoms with Crippen molar-refractivity contribution in [2.75, 3.05) is 11.9 Å². The van der Waals surface area contributed by atoms with Gasteiger partial charge in [-0.1, -0.05) is 0 Å². The minimum atomic E-state index is -0.253. The lowest BCUT2D eigenvalue weighted by Crippen LogP contribution is -2.18. The predicted octanol–water partition coefficient (Wildman–Crippen LogP) is 2.31. The van der Waals surface area contributed by atoms with Crippen LogP contribution in [-0.2, 0) is 16.1 Å². The number of hydrogen-bond acceptors (Lipinski definition) is 4. The molecule has 96 valence electrons. The molecule has 19 heavy (non-hydrogen) atoms. The first-order valence-corrected chi connectivity index (χ1v) is 5.68. The van der Waals surface area contributed by atoms with Gasteiger partial charge >= 0.3 is 0 Å². The van der Waals surface area contributed by atoms with Gasteiger partial charge in [0.25, 0.3) is 0 Å². The predicted molar refractivity (Wildman–Crippen MR) is 68.2 cm³/mol. The van der Waals surface area contributed by atoms with Crippen molar-refractivity contribution >= 4 is 11.6 Å². The first-order valence-electron chi connectivity index (χ1n) is 5.68. The van der Waals surface area contributed by atoms with Crippen molar-refractivity contribution in [3.63, 3.8) is 0 Å². The molecule has 5 nitrogen and oxygen atoms in total. The van der Waals surface area contributed by atoms with Gasteiger partial charge < -0.3 is 14.5 Å². The fourth-order valence-electron chi connectivity index (χ4n) is 1.46. The van der Waals surface area contributed by atoms with E-state index < -0.39 is 0 Å². The second-order valence-electron chi connectivity index (χ2n) is 3.81. The first kappa shape index (κ1) is 12.9. The summed E-state index contributed by atoms with van der Waals surface area (Å²) in [6.45, 7) is 0.203. The second-order valence-corrected chi connectivity index (χ2v) is 3.81. The summed E-state index contributed by atoms with van der Waals surface area (Å²) in [4.78, 5) is 11.6.